The Bertz CT molecular complexity index is 489. The lowest BCUT2D eigenvalue weighted by Crippen LogP contribution is -2.25. The first-order valence-corrected chi connectivity index (χ1v) is 5.63. The van der Waals surface area contributed by atoms with E-state index in [1.165, 1.54) is 17.4 Å². The number of amides is 1. The predicted octanol–water partition coefficient (Wildman–Crippen LogP) is 2.56. The van der Waals surface area contributed by atoms with E-state index in [9.17, 15) is 4.79 Å². The predicted molar refractivity (Wildman–Crippen MR) is 65.9 cm³/mol. The molecule has 0 saturated heterocycles. The van der Waals surface area contributed by atoms with E-state index in [1.54, 1.807) is 12.1 Å². The van der Waals surface area contributed by atoms with Gasteiger partial charge in [-0.3, -0.25) is 4.79 Å². The van der Waals surface area contributed by atoms with E-state index in [1.807, 2.05) is 6.07 Å². The number of hydrogen-bond donors (Lipinski definition) is 1. The van der Waals surface area contributed by atoms with Crippen molar-refractivity contribution in [2.75, 3.05) is 6.54 Å². The van der Waals surface area contributed by atoms with Gasteiger partial charge < -0.3 is 9.73 Å². The Balaban J connectivity index is 1.82. The van der Waals surface area contributed by atoms with Gasteiger partial charge in [-0.25, -0.2) is 0 Å². The maximum atomic E-state index is 11.6. The van der Waals surface area contributed by atoms with E-state index in [0.29, 0.717) is 12.3 Å². The molecule has 3 nitrogen and oxygen atoms in total. The van der Waals surface area contributed by atoms with E-state index in [0.717, 1.165) is 6.42 Å². The fraction of sp³-hybridized carbons (Fsp3) is 0.214. The molecule has 0 saturated carbocycles. The molecule has 2 rings (SSSR count). The van der Waals surface area contributed by atoms with Gasteiger partial charge in [0, 0.05) is 6.54 Å². The molecule has 0 spiro atoms. The fourth-order valence-electron chi connectivity index (χ4n) is 1.68. The van der Waals surface area contributed by atoms with Crippen molar-refractivity contribution in [1.82, 2.24) is 5.32 Å². The molecule has 0 aliphatic carbocycles. The molecule has 1 N–H and O–H groups in total. The molecule has 1 amide bonds. The number of furan rings is 1. The van der Waals surface area contributed by atoms with E-state index >= 15 is 0 Å². The zero-order chi connectivity index (χ0) is 12.1. The molecule has 1 aromatic carbocycles. The zero-order valence-corrected chi connectivity index (χ0v) is 9.77. The van der Waals surface area contributed by atoms with Crippen LogP contribution in [0.5, 0.6) is 0 Å². The van der Waals surface area contributed by atoms with Crippen LogP contribution in [0.4, 0.5) is 0 Å². The summed E-state index contributed by atoms with van der Waals surface area (Å²) in [5.41, 5.74) is 2.46. The highest BCUT2D eigenvalue weighted by Crippen LogP contribution is 2.04. The summed E-state index contributed by atoms with van der Waals surface area (Å²) in [6.45, 7) is 2.67. The van der Waals surface area contributed by atoms with Crippen LogP contribution in [-0.4, -0.2) is 12.5 Å². The number of rotatable bonds is 4. The van der Waals surface area contributed by atoms with Crippen molar-refractivity contribution < 1.29 is 9.21 Å². The van der Waals surface area contributed by atoms with Gasteiger partial charge in [-0.2, -0.15) is 0 Å². The number of carbonyl (C=O) groups is 1. The molecule has 0 radical (unpaired) electrons. The molecule has 0 fully saturated rings. The molecule has 88 valence electrons. The Kier molecular flexibility index (Phi) is 3.60. The van der Waals surface area contributed by atoms with Gasteiger partial charge in [0.2, 0.25) is 0 Å². The minimum Gasteiger partial charge on any atom is -0.459 e. The minimum atomic E-state index is -0.164. The molecular formula is C14H15NO2. The molecule has 17 heavy (non-hydrogen) atoms. The third-order valence-corrected chi connectivity index (χ3v) is 2.53. The van der Waals surface area contributed by atoms with Gasteiger partial charge in [-0.1, -0.05) is 29.8 Å². The Hall–Kier alpha value is -2.03. The molecule has 0 unspecified atom stereocenters. The van der Waals surface area contributed by atoms with E-state index in [-0.39, 0.29) is 5.91 Å². The lowest BCUT2D eigenvalue weighted by atomic mass is 10.1. The number of carbonyl (C=O) groups excluding carboxylic acids is 1. The SMILES string of the molecule is Cc1cccc(CCNC(=O)c2ccco2)c1. The van der Waals surface area contributed by atoms with Crippen molar-refractivity contribution >= 4 is 5.91 Å². The molecule has 0 aliphatic heterocycles. The van der Waals surface area contributed by atoms with E-state index in [4.69, 9.17) is 4.42 Å². The van der Waals surface area contributed by atoms with Gasteiger partial charge >= 0.3 is 0 Å². The number of nitrogens with one attached hydrogen (secondary N) is 1. The van der Waals surface area contributed by atoms with Crippen molar-refractivity contribution in [1.29, 1.82) is 0 Å². The highest BCUT2D eigenvalue weighted by atomic mass is 16.3. The van der Waals surface area contributed by atoms with Gasteiger partial charge in [0.1, 0.15) is 0 Å². The zero-order valence-electron chi connectivity index (χ0n) is 9.77. The molecule has 1 aromatic heterocycles. The standard InChI is InChI=1S/C14H15NO2/c1-11-4-2-5-12(10-11)7-8-15-14(16)13-6-3-9-17-13/h2-6,9-10H,7-8H2,1H3,(H,15,16). The third kappa shape index (κ3) is 3.21. The van der Waals surface area contributed by atoms with Crippen LogP contribution in [0.1, 0.15) is 21.7 Å². The van der Waals surface area contributed by atoms with Crippen molar-refractivity contribution in [3.8, 4) is 0 Å². The van der Waals surface area contributed by atoms with Crippen LogP contribution >= 0.6 is 0 Å². The van der Waals surface area contributed by atoms with Gasteiger partial charge in [0.05, 0.1) is 6.26 Å². The average Bonchev–Trinajstić information content (AvgIpc) is 2.82. The summed E-state index contributed by atoms with van der Waals surface area (Å²) in [4.78, 5) is 11.6. The van der Waals surface area contributed by atoms with E-state index < -0.39 is 0 Å². The summed E-state index contributed by atoms with van der Waals surface area (Å²) in [5, 5.41) is 2.82. The van der Waals surface area contributed by atoms with Crippen molar-refractivity contribution in [2.45, 2.75) is 13.3 Å². The van der Waals surface area contributed by atoms with Crippen LogP contribution in [0.25, 0.3) is 0 Å². The molecule has 3 heteroatoms. The summed E-state index contributed by atoms with van der Waals surface area (Å²) in [5.74, 6) is 0.192. The first-order chi connectivity index (χ1) is 8.25. The van der Waals surface area contributed by atoms with Crippen molar-refractivity contribution in [3.63, 3.8) is 0 Å². The summed E-state index contributed by atoms with van der Waals surface area (Å²) in [6, 6.07) is 11.6. The monoisotopic (exact) mass is 229 g/mol. The second-order valence-electron chi connectivity index (χ2n) is 3.97. The van der Waals surface area contributed by atoms with Crippen LogP contribution < -0.4 is 5.32 Å². The maximum absolute atomic E-state index is 11.6. The second-order valence-corrected chi connectivity index (χ2v) is 3.97. The largest absolute Gasteiger partial charge is 0.459 e. The van der Waals surface area contributed by atoms with Crippen LogP contribution in [-0.2, 0) is 6.42 Å². The average molecular weight is 229 g/mol. The number of benzene rings is 1. The molecule has 0 aliphatic rings. The summed E-state index contributed by atoms with van der Waals surface area (Å²) in [7, 11) is 0. The lowest BCUT2D eigenvalue weighted by Gasteiger charge is -2.04. The maximum Gasteiger partial charge on any atom is 0.286 e. The quantitative estimate of drug-likeness (QED) is 0.875. The van der Waals surface area contributed by atoms with Gasteiger partial charge in [0.15, 0.2) is 5.76 Å². The van der Waals surface area contributed by atoms with Crippen LogP contribution in [0.3, 0.4) is 0 Å². The first-order valence-electron chi connectivity index (χ1n) is 5.63. The number of aryl methyl sites for hydroxylation is 1. The Morgan fingerprint density at radius 1 is 1.29 bits per heavy atom. The summed E-state index contributed by atoms with van der Waals surface area (Å²) in [6.07, 6.45) is 2.32. The third-order valence-electron chi connectivity index (χ3n) is 2.53. The van der Waals surface area contributed by atoms with Crippen LogP contribution in [0.2, 0.25) is 0 Å². The van der Waals surface area contributed by atoms with Crippen molar-refractivity contribution in [3.05, 3.63) is 59.5 Å². The second kappa shape index (κ2) is 5.34. The summed E-state index contributed by atoms with van der Waals surface area (Å²) >= 11 is 0. The molecule has 0 bridgehead atoms. The Morgan fingerprint density at radius 2 is 2.18 bits per heavy atom. The molecule has 2 aromatic rings. The normalized spacial score (nSPS) is 10.2. The Morgan fingerprint density at radius 3 is 2.88 bits per heavy atom. The van der Waals surface area contributed by atoms with Gasteiger partial charge in [-0.05, 0) is 31.0 Å². The lowest BCUT2D eigenvalue weighted by molar-refractivity contribution is 0.0926. The summed E-state index contributed by atoms with van der Waals surface area (Å²) < 4.78 is 5.01. The van der Waals surface area contributed by atoms with Crippen LogP contribution in [0.15, 0.2) is 47.1 Å². The topological polar surface area (TPSA) is 42.2 Å². The first kappa shape index (κ1) is 11.5. The number of hydrogen-bond acceptors (Lipinski definition) is 2. The highest BCUT2D eigenvalue weighted by molar-refractivity contribution is 5.91. The van der Waals surface area contributed by atoms with Crippen molar-refractivity contribution in [2.24, 2.45) is 0 Å². The highest BCUT2D eigenvalue weighted by Gasteiger charge is 2.06. The Labute approximate surface area is 100 Å². The minimum absolute atomic E-state index is 0.164. The fourth-order valence-corrected chi connectivity index (χ4v) is 1.68. The van der Waals surface area contributed by atoms with E-state index in [2.05, 4.69) is 30.4 Å². The smallest absolute Gasteiger partial charge is 0.286 e. The molecule has 1 heterocycles. The molecule has 0 atom stereocenters. The molecular weight excluding hydrogens is 214 g/mol. The van der Waals surface area contributed by atoms with Gasteiger partial charge in [-0.15, -0.1) is 0 Å². The van der Waals surface area contributed by atoms with Crippen LogP contribution in [0, 0.1) is 6.92 Å². The van der Waals surface area contributed by atoms with Gasteiger partial charge in [0.25, 0.3) is 5.91 Å².